The van der Waals surface area contributed by atoms with E-state index in [4.69, 9.17) is 4.74 Å². The molecule has 0 saturated heterocycles. The maximum absolute atomic E-state index is 14.8. The van der Waals surface area contributed by atoms with Crippen LogP contribution in [0.5, 0.6) is 5.75 Å². The number of benzene rings is 2. The second-order valence-corrected chi connectivity index (χ2v) is 10.3. The average Bonchev–Trinajstić information content (AvgIpc) is 3.38. The topological polar surface area (TPSA) is 67.4 Å². The van der Waals surface area contributed by atoms with Crippen molar-refractivity contribution < 1.29 is 40.7 Å². The smallest absolute Gasteiger partial charge is 0.416 e. The number of aryl methyl sites for hydroxylation is 1. The first-order valence-electron chi connectivity index (χ1n) is 13.1. The number of carbonyl (C=O) groups is 2. The number of hydrogen-bond acceptors (Lipinski definition) is 3. The van der Waals surface area contributed by atoms with E-state index in [1.54, 1.807) is 24.3 Å². The molecule has 40 heavy (non-hydrogen) atoms. The zero-order valence-electron chi connectivity index (χ0n) is 21.8. The Hall–Kier alpha value is -3.50. The maximum atomic E-state index is 14.8. The Kier molecular flexibility index (Phi) is 8.51. The summed E-state index contributed by atoms with van der Waals surface area (Å²) in [6.45, 7) is 1.55. The van der Waals surface area contributed by atoms with Crippen molar-refractivity contribution in [2.24, 2.45) is 0 Å². The van der Waals surface area contributed by atoms with Gasteiger partial charge in [0.1, 0.15) is 11.3 Å². The minimum absolute atomic E-state index is 0.0240. The van der Waals surface area contributed by atoms with E-state index in [0.717, 1.165) is 43.4 Å². The molecule has 1 fully saturated rings. The molecule has 2 N–H and O–H groups in total. The summed E-state index contributed by atoms with van der Waals surface area (Å²) in [5, 5.41) is 4.90. The van der Waals surface area contributed by atoms with Gasteiger partial charge < -0.3 is 15.4 Å². The lowest BCUT2D eigenvalue weighted by Gasteiger charge is -2.41. The largest absolute Gasteiger partial charge is 0.494 e. The highest BCUT2D eigenvalue weighted by Crippen LogP contribution is 2.48. The Bertz CT molecular complexity index is 1250. The van der Waals surface area contributed by atoms with Crippen LogP contribution in [-0.4, -0.2) is 36.8 Å². The van der Waals surface area contributed by atoms with Gasteiger partial charge in [-0.1, -0.05) is 54.8 Å². The summed E-state index contributed by atoms with van der Waals surface area (Å²) in [5.74, 6) is -1.75. The Morgan fingerprint density at radius 2 is 1.62 bits per heavy atom. The van der Waals surface area contributed by atoms with Crippen molar-refractivity contribution >= 4 is 17.4 Å². The molecule has 5 nitrogen and oxygen atoms in total. The molecule has 1 saturated carbocycles. The predicted molar refractivity (Wildman–Crippen MR) is 136 cm³/mol. The zero-order valence-corrected chi connectivity index (χ0v) is 21.8. The van der Waals surface area contributed by atoms with Crippen molar-refractivity contribution in [3.8, 4) is 5.75 Å². The molecule has 11 heteroatoms. The molecular formula is C29H30F6N2O3. The minimum atomic E-state index is -4.96. The number of rotatable bonds is 8. The summed E-state index contributed by atoms with van der Waals surface area (Å²) < 4.78 is 86.9. The van der Waals surface area contributed by atoms with Crippen LogP contribution >= 0.6 is 0 Å². The normalized spacial score (nSPS) is 20.4. The monoisotopic (exact) mass is 568 g/mol. The van der Waals surface area contributed by atoms with E-state index in [-0.39, 0.29) is 41.5 Å². The van der Waals surface area contributed by atoms with Gasteiger partial charge in [-0.3, -0.25) is 9.59 Å². The predicted octanol–water partition coefficient (Wildman–Crippen LogP) is 6.51. The van der Waals surface area contributed by atoms with Crippen molar-refractivity contribution in [2.45, 2.75) is 75.8 Å². The van der Waals surface area contributed by atoms with E-state index in [0.29, 0.717) is 5.56 Å². The average molecular weight is 569 g/mol. The Morgan fingerprint density at radius 3 is 2.20 bits per heavy atom. The second kappa shape index (κ2) is 11.5. The molecule has 2 amide bonds. The van der Waals surface area contributed by atoms with E-state index in [1.165, 1.54) is 12.1 Å². The van der Waals surface area contributed by atoms with Gasteiger partial charge in [0.25, 0.3) is 11.8 Å². The quantitative estimate of drug-likeness (QED) is 0.217. The van der Waals surface area contributed by atoms with Crippen LogP contribution < -0.4 is 15.4 Å². The third-order valence-corrected chi connectivity index (χ3v) is 7.32. The lowest BCUT2D eigenvalue weighted by atomic mass is 9.76. The fraction of sp³-hybridized carbons (Fsp3) is 0.448. The molecule has 2 aromatic rings. The third-order valence-electron chi connectivity index (χ3n) is 7.32. The van der Waals surface area contributed by atoms with Crippen LogP contribution in [0, 0.1) is 6.92 Å². The molecule has 0 unspecified atom stereocenters. The van der Waals surface area contributed by atoms with Crippen LogP contribution in [-0.2, 0) is 15.1 Å². The molecule has 216 valence electrons. The Morgan fingerprint density at radius 1 is 1.00 bits per heavy atom. The minimum Gasteiger partial charge on any atom is -0.494 e. The van der Waals surface area contributed by atoms with Crippen LogP contribution in [0.2, 0.25) is 0 Å². The first-order chi connectivity index (χ1) is 18.8. The molecule has 1 atom stereocenters. The van der Waals surface area contributed by atoms with Gasteiger partial charge in [-0.05, 0) is 55.0 Å². The second-order valence-electron chi connectivity index (χ2n) is 10.3. The number of alkyl halides is 6. The fourth-order valence-corrected chi connectivity index (χ4v) is 5.17. The zero-order chi connectivity index (χ0) is 29.1. The molecule has 1 aliphatic heterocycles. The van der Waals surface area contributed by atoms with E-state index < -0.39 is 42.5 Å². The standard InChI is InChI=1S/C29H30F6N2O3/c1-18-7-9-19(10-8-18)23-17-27(29(33,34)35,37-26(39)24(23)25(38)36-21-5-2-3-6-21)20-11-13-22(14-12-20)40-16-4-15-28(30,31)32/h7-14,21H,2-6,15-17H2,1H3,(H,36,38)(H,37,39)/t27-/m0/s1. The van der Waals surface area contributed by atoms with Crippen LogP contribution in [0.1, 0.15) is 61.6 Å². The number of nitrogens with one attached hydrogen (secondary N) is 2. The summed E-state index contributed by atoms with van der Waals surface area (Å²) in [7, 11) is 0. The van der Waals surface area contributed by atoms with Gasteiger partial charge in [0.05, 0.1) is 6.61 Å². The van der Waals surface area contributed by atoms with Gasteiger partial charge in [0.2, 0.25) is 0 Å². The van der Waals surface area contributed by atoms with E-state index >= 15 is 0 Å². The highest BCUT2D eigenvalue weighted by molar-refractivity contribution is 6.25. The SMILES string of the molecule is Cc1ccc(C2=C(C(=O)NC3CCCC3)C(=O)N[C@@](c3ccc(OCCCC(F)(F)F)cc3)(C(F)(F)F)C2)cc1. The highest BCUT2D eigenvalue weighted by Gasteiger charge is 2.60. The van der Waals surface area contributed by atoms with Crippen LogP contribution in [0.3, 0.4) is 0 Å². The Labute approximate surface area is 228 Å². The third kappa shape index (κ3) is 6.62. The molecule has 0 spiro atoms. The van der Waals surface area contributed by atoms with Crippen LogP contribution in [0.25, 0.3) is 5.57 Å². The summed E-state index contributed by atoms with van der Waals surface area (Å²) in [4.78, 5) is 26.6. The van der Waals surface area contributed by atoms with Crippen molar-refractivity contribution in [2.75, 3.05) is 6.61 Å². The molecule has 0 radical (unpaired) electrons. The first kappa shape index (κ1) is 29.5. The summed E-state index contributed by atoms with van der Waals surface area (Å²) in [6.07, 6.45) is -8.06. The van der Waals surface area contributed by atoms with E-state index in [2.05, 4.69) is 10.6 Å². The lowest BCUT2D eigenvalue weighted by molar-refractivity contribution is -0.202. The van der Waals surface area contributed by atoms with E-state index in [1.807, 2.05) is 6.92 Å². The molecule has 2 aliphatic rings. The van der Waals surface area contributed by atoms with Gasteiger partial charge >= 0.3 is 12.4 Å². The molecular weight excluding hydrogens is 538 g/mol. The van der Waals surface area contributed by atoms with Gasteiger partial charge in [-0.25, -0.2) is 0 Å². The lowest BCUT2D eigenvalue weighted by Crippen LogP contribution is -2.60. The van der Waals surface area contributed by atoms with Gasteiger partial charge in [-0.2, -0.15) is 26.3 Å². The number of carbonyl (C=O) groups excluding carboxylic acids is 2. The van der Waals surface area contributed by atoms with Gasteiger partial charge in [0, 0.05) is 18.9 Å². The van der Waals surface area contributed by atoms with Crippen molar-refractivity contribution in [1.82, 2.24) is 10.6 Å². The molecule has 0 aromatic heterocycles. The maximum Gasteiger partial charge on any atom is 0.416 e. The molecule has 2 aromatic carbocycles. The summed E-state index contributed by atoms with van der Waals surface area (Å²) in [5.41, 5.74) is -2.33. The number of ether oxygens (including phenoxy) is 1. The molecule has 0 bridgehead atoms. The van der Waals surface area contributed by atoms with Crippen LogP contribution in [0.4, 0.5) is 26.3 Å². The first-order valence-corrected chi connectivity index (χ1v) is 13.1. The number of hydrogen-bond donors (Lipinski definition) is 2. The van der Waals surface area contributed by atoms with Crippen LogP contribution in [0.15, 0.2) is 54.1 Å². The summed E-state index contributed by atoms with van der Waals surface area (Å²) >= 11 is 0. The van der Waals surface area contributed by atoms with Gasteiger partial charge in [0.15, 0.2) is 5.54 Å². The molecule has 4 rings (SSSR count). The molecule has 1 heterocycles. The number of amides is 2. The Balaban J connectivity index is 1.68. The van der Waals surface area contributed by atoms with Crippen molar-refractivity contribution in [3.63, 3.8) is 0 Å². The highest BCUT2D eigenvalue weighted by atomic mass is 19.4. The van der Waals surface area contributed by atoms with Gasteiger partial charge in [-0.15, -0.1) is 0 Å². The number of halogens is 6. The van der Waals surface area contributed by atoms with Crippen molar-refractivity contribution in [1.29, 1.82) is 0 Å². The fourth-order valence-electron chi connectivity index (χ4n) is 5.17. The van der Waals surface area contributed by atoms with E-state index in [9.17, 15) is 35.9 Å². The molecule has 1 aliphatic carbocycles. The van der Waals surface area contributed by atoms with Crippen molar-refractivity contribution in [3.05, 3.63) is 70.8 Å². The summed E-state index contributed by atoms with van der Waals surface area (Å²) in [6, 6.07) is 11.1.